The van der Waals surface area contributed by atoms with Crippen molar-refractivity contribution in [2.45, 2.75) is 66.6 Å². The van der Waals surface area contributed by atoms with Crippen LogP contribution in [-0.2, 0) is 10.8 Å². The maximum absolute atomic E-state index is 12.0. The maximum atomic E-state index is 12.0. The molecule has 1 atom stereocenters. The quantitative estimate of drug-likeness (QED) is 0.516. The summed E-state index contributed by atoms with van der Waals surface area (Å²) in [6.45, 7) is 0. The van der Waals surface area contributed by atoms with Gasteiger partial charge in [-0.25, -0.2) is 4.79 Å². The fourth-order valence-corrected chi connectivity index (χ4v) is 5.65. The summed E-state index contributed by atoms with van der Waals surface area (Å²) in [4.78, 5) is 13.2. The summed E-state index contributed by atoms with van der Waals surface area (Å²) in [5, 5.41) is 9.39. The molecule has 29 heavy (non-hydrogen) atoms. The summed E-state index contributed by atoms with van der Waals surface area (Å²) in [6, 6.07) is 11.6. The van der Waals surface area contributed by atoms with Gasteiger partial charge in [0.2, 0.25) is 0 Å². The normalized spacial score (nSPS) is 18.4. The predicted octanol–water partition coefficient (Wildman–Crippen LogP) is 6.17. The van der Waals surface area contributed by atoms with Gasteiger partial charge in [0, 0.05) is 32.5 Å². The van der Waals surface area contributed by atoms with Gasteiger partial charge >= 0.3 is 5.97 Å². The molecule has 2 aromatic carbocycles. The molecule has 0 aromatic heterocycles. The van der Waals surface area contributed by atoms with Gasteiger partial charge in [-0.2, -0.15) is 0 Å². The molecule has 0 bridgehead atoms. The van der Waals surface area contributed by atoms with E-state index in [1.165, 1.54) is 55.2 Å². The number of anilines is 1. The minimum absolute atomic E-state index is 0.314. The molecule has 1 unspecified atom stereocenters. The number of benzene rings is 2. The van der Waals surface area contributed by atoms with Gasteiger partial charge in [0.05, 0.1) is 5.56 Å². The van der Waals surface area contributed by atoms with Crippen molar-refractivity contribution in [3.05, 3.63) is 53.1 Å². The lowest BCUT2D eigenvalue weighted by Gasteiger charge is -2.25. The molecule has 2 aliphatic rings. The van der Waals surface area contributed by atoms with Crippen LogP contribution in [0.5, 0.6) is 0 Å². The molecule has 0 amide bonds. The number of rotatable bonds is 7. The Balaban J connectivity index is 1.63. The number of aromatic carboxylic acids is 1. The smallest absolute Gasteiger partial charge is 0.335 e. The van der Waals surface area contributed by atoms with Crippen LogP contribution in [0.25, 0.3) is 0 Å². The molecule has 2 saturated carbocycles. The number of carboxylic acids is 1. The van der Waals surface area contributed by atoms with E-state index >= 15 is 0 Å². The van der Waals surface area contributed by atoms with Crippen LogP contribution in [0.3, 0.4) is 0 Å². The zero-order valence-corrected chi connectivity index (χ0v) is 18.3. The minimum Gasteiger partial charge on any atom is -0.478 e. The largest absolute Gasteiger partial charge is 0.478 e. The van der Waals surface area contributed by atoms with E-state index in [9.17, 15) is 14.1 Å². The third kappa shape index (κ3) is 4.86. The fraction of sp³-hybridized carbons (Fsp3) is 0.435. The van der Waals surface area contributed by atoms with Gasteiger partial charge in [0.25, 0.3) is 0 Å². The van der Waals surface area contributed by atoms with E-state index in [1.807, 2.05) is 18.2 Å². The standard InChI is InChI=1S/C23H27NO3S2/c1-29(27)18-10-12-19(15-5-3-2-4-6-15)21(14-18)24-28-22-13-17(23(25)26)9-11-20(22)16-7-8-16/h9-16,24H,2-8H2,1H3,(H,25,26). The molecule has 2 aliphatic carbocycles. The number of hydrogen-bond donors (Lipinski definition) is 2. The molecule has 6 heteroatoms. The molecule has 2 aromatic rings. The van der Waals surface area contributed by atoms with E-state index in [-0.39, 0.29) is 0 Å². The summed E-state index contributed by atoms with van der Waals surface area (Å²) in [7, 11) is -1.04. The molecule has 154 valence electrons. The van der Waals surface area contributed by atoms with Crippen molar-refractivity contribution in [1.82, 2.24) is 0 Å². The lowest BCUT2D eigenvalue weighted by atomic mass is 9.83. The molecular weight excluding hydrogens is 402 g/mol. The van der Waals surface area contributed by atoms with Crippen LogP contribution in [-0.4, -0.2) is 21.5 Å². The molecule has 0 heterocycles. The Bertz CT molecular complexity index is 934. The molecule has 4 rings (SSSR count). The van der Waals surface area contributed by atoms with Crippen molar-refractivity contribution in [3.8, 4) is 0 Å². The highest BCUT2D eigenvalue weighted by atomic mass is 32.2. The topological polar surface area (TPSA) is 66.4 Å². The highest BCUT2D eigenvalue weighted by Crippen LogP contribution is 2.45. The lowest BCUT2D eigenvalue weighted by Crippen LogP contribution is -2.08. The molecule has 2 N–H and O–H groups in total. The van der Waals surface area contributed by atoms with E-state index in [1.54, 1.807) is 18.4 Å². The summed E-state index contributed by atoms with van der Waals surface area (Å²) in [5.41, 5.74) is 3.84. The Morgan fingerprint density at radius 2 is 1.69 bits per heavy atom. The van der Waals surface area contributed by atoms with Gasteiger partial charge in [-0.3, -0.25) is 4.21 Å². The van der Waals surface area contributed by atoms with Gasteiger partial charge in [-0.1, -0.05) is 31.4 Å². The SMILES string of the molecule is CS(=O)c1ccc(C2CCCCC2)c(NSc2cc(C(=O)O)ccc2C2CC2)c1. The Morgan fingerprint density at radius 1 is 1.00 bits per heavy atom. The predicted molar refractivity (Wildman–Crippen MR) is 119 cm³/mol. The van der Waals surface area contributed by atoms with Crippen LogP contribution in [0, 0.1) is 0 Å². The van der Waals surface area contributed by atoms with Crippen molar-refractivity contribution in [3.63, 3.8) is 0 Å². The molecule has 0 aliphatic heterocycles. The fourth-order valence-electron chi connectivity index (χ4n) is 4.17. The zero-order chi connectivity index (χ0) is 20.4. The molecule has 4 nitrogen and oxygen atoms in total. The van der Waals surface area contributed by atoms with Crippen molar-refractivity contribution >= 4 is 34.4 Å². The first-order valence-corrected chi connectivity index (χ1v) is 12.7. The number of carboxylic acid groups (broad SMARTS) is 1. The van der Waals surface area contributed by atoms with Crippen LogP contribution in [0.2, 0.25) is 0 Å². The molecule has 0 saturated heterocycles. The van der Waals surface area contributed by atoms with E-state index < -0.39 is 16.8 Å². The van der Waals surface area contributed by atoms with E-state index in [0.29, 0.717) is 17.4 Å². The van der Waals surface area contributed by atoms with Gasteiger partial charge < -0.3 is 9.83 Å². The van der Waals surface area contributed by atoms with Crippen molar-refractivity contribution < 1.29 is 14.1 Å². The summed E-state index contributed by atoms with van der Waals surface area (Å²) < 4.78 is 15.5. The van der Waals surface area contributed by atoms with Crippen LogP contribution in [0.4, 0.5) is 5.69 Å². The lowest BCUT2D eigenvalue weighted by molar-refractivity contribution is 0.0696. The second-order valence-corrected chi connectivity index (χ2v) is 10.3. The van der Waals surface area contributed by atoms with Crippen molar-refractivity contribution in [2.75, 3.05) is 11.0 Å². The first kappa shape index (κ1) is 20.5. The highest BCUT2D eigenvalue weighted by Gasteiger charge is 2.27. The second kappa shape index (κ2) is 8.92. The van der Waals surface area contributed by atoms with E-state index in [4.69, 9.17) is 0 Å². The highest BCUT2D eigenvalue weighted by molar-refractivity contribution is 8.00. The van der Waals surface area contributed by atoms with Crippen LogP contribution < -0.4 is 4.72 Å². The van der Waals surface area contributed by atoms with Gasteiger partial charge in [0.1, 0.15) is 0 Å². The second-order valence-electron chi connectivity index (χ2n) is 8.07. The van der Waals surface area contributed by atoms with Gasteiger partial charge in [0.15, 0.2) is 0 Å². The average molecular weight is 430 g/mol. The zero-order valence-electron chi connectivity index (χ0n) is 16.6. The summed E-state index contributed by atoms with van der Waals surface area (Å²) >= 11 is 1.49. The van der Waals surface area contributed by atoms with Crippen LogP contribution >= 0.6 is 11.9 Å². The molecule has 0 radical (unpaired) electrons. The number of carbonyl (C=O) groups is 1. The van der Waals surface area contributed by atoms with Crippen molar-refractivity contribution in [2.24, 2.45) is 0 Å². The Hall–Kier alpha value is -1.79. The maximum Gasteiger partial charge on any atom is 0.335 e. The van der Waals surface area contributed by atoms with E-state index in [0.717, 1.165) is 28.3 Å². The summed E-state index contributed by atoms with van der Waals surface area (Å²) in [5.74, 6) is 0.161. The number of hydrogen-bond acceptors (Lipinski definition) is 4. The number of nitrogens with one attached hydrogen (secondary N) is 1. The van der Waals surface area contributed by atoms with Gasteiger partial charge in [-0.05, 0) is 84.9 Å². The van der Waals surface area contributed by atoms with Gasteiger partial charge in [-0.15, -0.1) is 0 Å². The molecule has 2 fully saturated rings. The third-order valence-corrected chi connectivity index (χ3v) is 7.76. The van der Waals surface area contributed by atoms with E-state index in [2.05, 4.69) is 10.8 Å². The summed E-state index contributed by atoms with van der Waals surface area (Å²) in [6.07, 6.45) is 10.2. The molecule has 0 spiro atoms. The average Bonchev–Trinajstić information content (AvgIpc) is 3.57. The molecular formula is C23H27NO3S2. The Morgan fingerprint density at radius 3 is 2.34 bits per heavy atom. The Kier molecular flexibility index (Phi) is 6.30. The Labute approximate surface area is 179 Å². The first-order valence-electron chi connectivity index (χ1n) is 10.3. The monoisotopic (exact) mass is 429 g/mol. The van der Waals surface area contributed by atoms with Crippen molar-refractivity contribution in [1.29, 1.82) is 0 Å². The third-order valence-electron chi connectivity index (χ3n) is 5.95. The van der Waals surface area contributed by atoms with Crippen LogP contribution in [0.15, 0.2) is 46.2 Å². The van der Waals surface area contributed by atoms with Crippen LogP contribution in [0.1, 0.15) is 78.3 Å². The minimum atomic E-state index is -1.04. The first-order chi connectivity index (χ1) is 14.0.